The van der Waals surface area contributed by atoms with Gasteiger partial charge in [0.15, 0.2) is 0 Å². The fourth-order valence-electron chi connectivity index (χ4n) is 1.18. The molecule has 0 rings (SSSR count). The molecule has 0 heterocycles. The molecular formula is C13H22O5. The molecule has 0 bridgehead atoms. The molecule has 18 heavy (non-hydrogen) atoms. The predicted octanol–water partition coefficient (Wildman–Crippen LogP) is 1.88. The van der Waals surface area contributed by atoms with Crippen LogP contribution in [0.4, 0.5) is 0 Å². The summed E-state index contributed by atoms with van der Waals surface area (Å²) >= 11 is 0. The van der Waals surface area contributed by atoms with Gasteiger partial charge >= 0.3 is 11.9 Å². The SMILES string of the molecule is CCCCOC(=O)CC(C=O)C(=O)OCCCC. The molecule has 0 radical (unpaired) electrons. The zero-order chi connectivity index (χ0) is 13.8. The van der Waals surface area contributed by atoms with E-state index in [2.05, 4.69) is 0 Å². The van der Waals surface area contributed by atoms with E-state index >= 15 is 0 Å². The summed E-state index contributed by atoms with van der Waals surface area (Å²) < 4.78 is 9.77. The van der Waals surface area contributed by atoms with E-state index in [1.54, 1.807) is 0 Å². The van der Waals surface area contributed by atoms with E-state index in [9.17, 15) is 14.4 Å². The van der Waals surface area contributed by atoms with Gasteiger partial charge in [0.25, 0.3) is 0 Å². The molecule has 0 N–H and O–H groups in total. The van der Waals surface area contributed by atoms with Crippen LogP contribution in [0.5, 0.6) is 0 Å². The number of esters is 2. The van der Waals surface area contributed by atoms with E-state index in [1.165, 1.54) is 0 Å². The molecule has 0 aromatic carbocycles. The molecule has 0 saturated heterocycles. The topological polar surface area (TPSA) is 69.7 Å². The molecule has 1 unspecified atom stereocenters. The first-order valence-corrected chi connectivity index (χ1v) is 6.43. The molecule has 0 aliphatic carbocycles. The summed E-state index contributed by atoms with van der Waals surface area (Å²) in [4.78, 5) is 33.5. The van der Waals surface area contributed by atoms with Crippen molar-refractivity contribution in [2.45, 2.75) is 46.0 Å². The van der Waals surface area contributed by atoms with Crippen molar-refractivity contribution in [2.75, 3.05) is 13.2 Å². The lowest BCUT2D eigenvalue weighted by molar-refractivity contribution is -0.156. The van der Waals surface area contributed by atoms with Crippen molar-refractivity contribution in [3.63, 3.8) is 0 Å². The van der Waals surface area contributed by atoms with Gasteiger partial charge in [-0.1, -0.05) is 26.7 Å². The molecule has 0 saturated carbocycles. The maximum atomic E-state index is 11.5. The lowest BCUT2D eigenvalue weighted by Crippen LogP contribution is -2.23. The lowest BCUT2D eigenvalue weighted by atomic mass is 10.1. The molecule has 0 aliphatic heterocycles. The molecule has 5 heteroatoms. The molecule has 104 valence electrons. The van der Waals surface area contributed by atoms with Gasteiger partial charge in [-0.3, -0.25) is 9.59 Å². The van der Waals surface area contributed by atoms with Gasteiger partial charge in [-0.15, -0.1) is 0 Å². The Kier molecular flexibility index (Phi) is 9.91. The fourth-order valence-corrected chi connectivity index (χ4v) is 1.18. The Labute approximate surface area is 108 Å². The second-order valence-corrected chi connectivity index (χ2v) is 4.04. The van der Waals surface area contributed by atoms with E-state index in [4.69, 9.17) is 9.47 Å². The first-order chi connectivity index (χ1) is 8.65. The van der Waals surface area contributed by atoms with E-state index in [1.807, 2.05) is 13.8 Å². The minimum Gasteiger partial charge on any atom is -0.466 e. The minimum atomic E-state index is -1.05. The summed E-state index contributed by atoms with van der Waals surface area (Å²) in [6.45, 7) is 4.56. The number of rotatable bonds is 10. The van der Waals surface area contributed by atoms with E-state index in [0.717, 1.165) is 25.7 Å². The Morgan fingerprint density at radius 3 is 2.11 bits per heavy atom. The number of aldehydes is 1. The van der Waals surface area contributed by atoms with Crippen LogP contribution in [-0.4, -0.2) is 31.4 Å². The number of unbranched alkanes of at least 4 members (excludes halogenated alkanes) is 2. The Balaban J connectivity index is 3.96. The first kappa shape index (κ1) is 16.6. The normalized spacial score (nSPS) is 11.7. The quantitative estimate of drug-likeness (QED) is 0.259. The van der Waals surface area contributed by atoms with Crippen LogP contribution in [0, 0.1) is 5.92 Å². The van der Waals surface area contributed by atoms with Crippen molar-refractivity contribution in [1.82, 2.24) is 0 Å². The number of carbonyl (C=O) groups excluding carboxylic acids is 3. The van der Waals surface area contributed by atoms with E-state index in [0.29, 0.717) is 12.9 Å². The third-order valence-corrected chi connectivity index (χ3v) is 2.36. The second kappa shape index (κ2) is 10.7. The molecule has 0 spiro atoms. The van der Waals surface area contributed by atoms with Crippen LogP contribution in [0.15, 0.2) is 0 Å². The van der Waals surface area contributed by atoms with Crippen LogP contribution in [0.1, 0.15) is 46.0 Å². The van der Waals surface area contributed by atoms with Crippen molar-refractivity contribution in [3.05, 3.63) is 0 Å². The van der Waals surface area contributed by atoms with Crippen molar-refractivity contribution in [2.24, 2.45) is 5.92 Å². The Hall–Kier alpha value is -1.39. The summed E-state index contributed by atoms with van der Waals surface area (Å²) in [6, 6.07) is 0. The van der Waals surface area contributed by atoms with Crippen LogP contribution in [0.2, 0.25) is 0 Å². The largest absolute Gasteiger partial charge is 0.466 e. The molecule has 0 aromatic rings. The van der Waals surface area contributed by atoms with E-state index in [-0.39, 0.29) is 13.0 Å². The van der Waals surface area contributed by atoms with Gasteiger partial charge < -0.3 is 14.3 Å². The maximum Gasteiger partial charge on any atom is 0.316 e. The zero-order valence-electron chi connectivity index (χ0n) is 11.1. The molecule has 0 amide bonds. The van der Waals surface area contributed by atoms with Crippen LogP contribution in [0.3, 0.4) is 0 Å². The molecule has 5 nitrogen and oxygen atoms in total. The van der Waals surface area contributed by atoms with Crippen molar-refractivity contribution < 1.29 is 23.9 Å². The highest BCUT2D eigenvalue weighted by Gasteiger charge is 2.23. The highest BCUT2D eigenvalue weighted by molar-refractivity contribution is 5.91. The molecule has 0 aromatic heterocycles. The average Bonchev–Trinajstić information content (AvgIpc) is 2.36. The smallest absolute Gasteiger partial charge is 0.316 e. The molecule has 0 fully saturated rings. The number of hydrogen-bond donors (Lipinski definition) is 0. The van der Waals surface area contributed by atoms with Crippen molar-refractivity contribution in [1.29, 1.82) is 0 Å². The van der Waals surface area contributed by atoms with Crippen molar-refractivity contribution >= 4 is 18.2 Å². The predicted molar refractivity (Wildman–Crippen MR) is 65.9 cm³/mol. The van der Waals surface area contributed by atoms with Gasteiger partial charge in [-0.05, 0) is 12.8 Å². The molecule has 0 aliphatic rings. The highest BCUT2D eigenvalue weighted by Crippen LogP contribution is 2.06. The standard InChI is InChI=1S/C13H22O5/c1-3-5-7-17-12(15)9-11(10-14)13(16)18-8-6-4-2/h10-11H,3-9H2,1-2H3. The third-order valence-electron chi connectivity index (χ3n) is 2.36. The van der Waals surface area contributed by atoms with Crippen LogP contribution >= 0.6 is 0 Å². The fraction of sp³-hybridized carbons (Fsp3) is 0.769. The van der Waals surface area contributed by atoms with Crippen LogP contribution in [0.25, 0.3) is 0 Å². The highest BCUT2D eigenvalue weighted by atomic mass is 16.5. The van der Waals surface area contributed by atoms with Crippen molar-refractivity contribution in [3.8, 4) is 0 Å². The Morgan fingerprint density at radius 2 is 1.61 bits per heavy atom. The second-order valence-electron chi connectivity index (χ2n) is 4.04. The maximum absolute atomic E-state index is 11.5. The number of carbonyl (C=O) groups is 3. The minimum absolute atomic E-state index is 0.238. The third kappa shape index (κ3) is 7.81. The monoisotopic (exact) mass is 258 g/mol. The lowest BCUT2D eigenvalue weighted by Gasteiger charge is -2.10. The summed E-state index contributed by atoms with van der Waals surface area (Å²) in [7, 11) is 0. The van der Waals surface area contributed by atoms with E-state index < -0.39 is 17.9 Å². The van der Waals surface area contributed by atoms with Gasteiger partial charge in [0.1, 0.15) is 12.2 Å². The summed E-state index contributed by atoms with van der Waals surface area (Å²) in [5.74, 6) is -2.23. The van der Waals surface area contributed by atoms with Gasteiger partial charge in [0, 0.05) is 0 Å². The van der Waals surface area contributed by atoms with Crippen LogP contribution in [-0.2, 0) is 23.9 Å². The molecular weight excluding hydrogens is 236 g/mol. The van der Waals surface area contributed by atoms with Crippen LogP contribution < -0.4 is 0 Å². The van der Waals surface area contributed by atoms with Gasteiger partial charge in [-0.2, -0.15) is 0 Å². The number of hydrogen-bond acceptors (Lipinski definition) is 5. The summed E-state index contributed by atoms with van der Waals surface area (Å²) in [5, 5.41) is 0. The van der Waals surface area contributed by atoms with Gasteiger partial charge in [0.05, 0.1) is 19.6 Å². The zero-order valence-corrected chi connectivity index (χ0v) is 11.1. The number of ether oxygens (including phenoxy) is 2. The summed E-state index contributed by atoms with van der Waals surface area (Å²) in [6.07, 6.45) is 3.55. The Bertz CT molecular complexity index is 262. The first-order valence-electron chi connectivity index (χ1n) is 6.43. The molecule has 1 atom stereocenters. The Morgan fingerprint density at radius 1 is 1.06 bits per heavy atom. The van der Waals surface area contributed by atoms with Gasteiger partial charge in [0.2, 0.25) is 0 Å². The average molecular weight is 258 g/mol. The summed E-state index contributed by atoms with van der Waals surface area (Å²) in [5.41, 5.74) is 0. The van der Waals surface area contributed by atoms with Gasteiger partial charge in [-0.25, -0.2) is 0 Å².